The van der Waals surface area contributed by atoms with Crippen LogP contribution in [0.3, 0.4) is 0 Å². The largest absolute Gasteiger partial charge is 0.329 e. The summed E-state index contributed by atoms with van der Waals surface area (Å²) in [6.45, 7) is 6.23. The van der Waals surface area contributed by atoms with Gasteiger partial charge in [-0.15, -0.1) is 0 Å². The van der Waals surface area contributed by atoms with Gasteiger partial charge in [0.2, 0.25) is 0 Å². The van der Waals surface area contributed by atoms with Gasteiger partial charge in [-0.1, -0.05) is 6.42 Å². The summed E-state index contributed by atoms with van der Waals surface area (Å²) in [5, 5.41) is 0. The van der Waals surface area contributed by atoms with E-state index in [0.717, 1.165) is 13.1 Å². The van der Waals surface area contributed by atoms with E-state index in [2.05, 4.69) is 29.8 Å². The number of pyridine rings is 1. The average Bonchev–Trinajstić information content (AvgIpc) is 2.34. The van der Waals surface area contributed by atoms with Gasteiger partial charge in [-0.3, -0.25) is 9.88 Å². The maximum Gasteiger partial charge on any atom is 0.0315 e. The first-order valence-corrected chi connectivity index (χ1v) is 6.57. The molecule has 94 valence electrons. The maximum atomic E-state index is 5.89. The molecule has 1 saturated heterocycles. The van der Waals surface area contributed by atoms with E-state index in [-0.39, 0.29) is 0 Å². The summed E-state index contributed by atoms with van der Waals surface area (Å²) in [6, 6.07) is 3.26. The molecule has 17 heavy (non-hydrogen) atoms. The Hall–Kier alpha value is -0.930. The molecular formula is C14H23N3. The SMILES string of the molecule is Cc1ccncc1CN1C(C)CCCC1CN. The number of piperidine rings is 1. The Balaban J connectivity index is 2.12. The molecule has 2 rings (SSSR count). The highest BCUT2D eigenvalue weighted by Gasteiger charge is 2.26. The molecule has 1 aliphatic heterocycles. The fraction of sp³-hybridized carbons (Fsp3) is 0.643. The number of nitrogens with two attached hydrogens (primary N) is 1. The van der Waals surface area contributed by atoms with Crippen molar-refractivity contribution in [1.29, 1.82) is 0 Å². The number of hydrogen-bond donors (Lipinski definition) is 1. The lowest BCUT2D eigenvalue weighted by atomic mass is 9.95. The molecule has 0 aliphatic carbocycles. The zero-order chi connectivity index (χ0) is 12.3. The van der Waals surface area contributed by atoms with Crippen molar-refractivity contribution in [2.45, 2.75) is 51.7 Å². The molecule has 2 unspecified atom stereocenters. The Morgan fingerprint density at radius 3 is 3.00 bits per heavy atom. The zero-order valence-corrected chi connectivity index (χ0v) is 10.9. The lowest BCUT2D eigenvalue weighted by molar-refractivity contribution is 0.0889. The van der Waals surface area contributed by atoms with Crippen LogP contribution in [0.4, 0.5) is 0 Å². The quantitative estimate of drug-likeness (QED) is 0.869. The van der Waals surface area contributed by atoms with Crippen LogP contribution in [0.15, 0.2) is 18.5 Å². The molecule has 0 bridgehead atoms. The van der Waals surface area contributed by atoms with E-state index in [1.54, 1.807) is 0 Å². The molecule has 0 spiro atoms. The Bertz CT molecular complexity index is 364. The van der Waals surface area contributed by atoms with Crippen molar-refractivity contribution in [2.75, 3.05) is 6.54 Å². The van der Waals surface area contributed by atoms with Crippen LogP contribution in [-0.2, 0) is 6.54 Å². The Labute approximate surface area is 104 Å². The molecule has 1 fully saturated rings. The van der Waals surface area contributed by atoms with Crippen LogP contribution in [0.5, 0.6) is 0 Å². The van der Waals surface area contributed by atoms with Gasteiger partial charge in [0, 0.05) is 37.6 Å². The lowest BCUT2D eigenvalue weighted by Gasteiger charge is -2.40. The van der Waals surface area contributed by atoms with E-state index in [1.165, 1.54) is 30.4 Å². The van der Waals surface area contributed by atoms with Gasteiger partial charge in [0.25, 0.3) is 0 Å². The Morgan fingerprint density at radius 2 is 2.29 bits per heavy atom. The second kappa shape index (κ2) is 5.61. The van der Waals surface area contributed by atoms with Crippen molar-refractivity contribution in [2.24, 2.45) is 5.73 Å². The van der Waals surface area contributed by atoms with Crippen LogP contribution in [0.1, 0.15) is 37.3 Å². The highest BCUT2D eigenvalue weighted by molar-refractivity contribution is 5.21. The van der Waals surface area contributed by atoms with Gasteiger partial charge >= 0.3 is 0 Å². The van der Waals surface area contributed by atoms with E-state index in [4.69, 9.17) is 5.73 Å². The molecule has 2 heterocycles. The second-order valence-electron chi connectivity index (χ2n) is 5.14. The third-order valence-electron chi connectivity index (χ3n) is 3.97. The van der Waals surface area contributed by atoms with Gasteiger partial charge in [0.1, 0.15) is 0 Å². The number of hydrogen-bond acceptors (Lipinski definition) is 3. The standard InChI is InChI=1S/C14H23N3/c1-11-6-7-16-9-13(11)10-17-12(2)4-3-5-14(17)8-15/h6-7,9,12,14H,3-5,8,10,15H2,1-2H3. The molecule has 1 aliphatic rings. The predicted molar refractivity (Wildman–Crippen MR) is 70.7 cm³/mol. The smallest absolute Gasteiger partial charge is 0.0315 e. The first-order chi connectivity index (χ1) is 8.22. The molecule has 1 aromatic heterocycles. The van der Waals surface area contributed by atoms with Crippen molar-refractivity contribution >= 4 is 0 Å². The lowest BCUT2D eigenvalue weighted by Crippen LogP contribution is -2.48. The van der Waals surface area contributed by atoms with Crippen molar-refractivity contribution in [3.05, 3.63) is 29.6 Å². The summed E-state index contributed by atoms with van der Waals surface area (Å²) >= 11 is 0. The topological polar surface area (TPSA) is 42.2 Å². The molecule has 0 amide bonds. The number of aromatic nitrogens is 1. The predicted octanol–water partition coefficient (Wildman–Crippen LogP) is 2.09. The first-order valence-electron chi connectivity index (χ1n) is 6.57. The minimum atomic E-state index is 0.540. The molecule has 3 nitrogen and oxygen atoms in total. The highest BCUT2D eigenvalue weighted by Crippen LogP contribution is 2.24. The first kappa shape index (κ1) is 12.5. The van der Waals surface area contributed by atoms with Gasteiger partial charge in [-0.2, -0.15) is 0 Å². The molecule has 0 radical (unpaired) electrons. The minimum absolute atomic E-state index is 0.540. The minimum Gasteiger partial charge on any atom is -0.329 e. The van der Waals surface area contributed by atoms with Crippen molar-refractivity contribution in [3.8, 4) is 0 Å². The normalized spacial score (nSPS) is 26.1. The Kier molecular flexibility index (Phi) is 4.13. The van der Waals surface area contributed by atoms with Crippen molar-refractivity contribution in [1.82, 2.24) is 9.88 Å². The number of nitrogens with zero attached hydrogens (tertiary/aromatic N) is 2. The summed E-state index contributed by atoms with van der Waals surface area (Å²) < 4.78 is 0. The van der Waals surface area contributed by atoms with E-state index < -0.39 is 0 Å². The van der Waals surface area contributed by atoms with Crippen LogP contribution in [0.2, 0.25) is 0 Å². The summed E-state index contributed by atoms with van der Waals surface area (Å²) in [5.74, 6) is 0. The van der Waals surface area contributed by atoms with Crippen molar-refractivity contribution in [3.63, 3.8) is 0 Å². The molecule has 0 aromatic carbocycles. The number of rotatable bonds is 3. The second-order valence-corrected chi connectivity index (χ2v) is 5.14. The van der Waals surface area contributed by atoms with Gasteiger partial charge in [0.05, 0.1) is 0 Å². The van der Waals surface area contributed by atoms with Crippen LogP contribution < -0.4 is 5.73 Å². The molecule has 3 heteroatoms. The van der Waals surface area contributed by atoms with Gasteiger partial charge in [-0.05, 0) is 43.9 Å². The summed E-state index contributed by atoms with van der Waals surface area (Å²) in [6.07, 6.45) is 7.69. The van der Waals surface area contributed by atoms with Crippen molar-refractivity contribution < 1.29 is 0 Å². The van der Waals surface area contributed by atoms with E-state index in [1.807, 2.05) is 12.4 Å². The fourth-order valence-corrected chi connectivity index (χ4v) is 2.74. The third-order valence-corrected chi connectivity index (χ3v) is 3.97. The van der Waals surface area contributed by atoms with Crippen LogP contribution in [-0.4, -0.2) is 28.5 Å². The van der Waals surface area contributed by atoms with Crippen LogP contribution in [0, 0.1) is 6.92 Å². The fourth-order valence-electron chi connectivity index (χ4n) is 2.74. The number of aryl methyl sites for hydroxylation is 1. The molecule has 2 N–H and O–H groups in total. The molecule has 0 saturated carbocycles. The maximum absolute atomic E-state index is 5.89. The van der Waals surface area contributed by atoms with E-state index >= 15 is 0 Å². The molecule has 2 atom stereocenters. The summed E-state index contributed by atoms with van der Waals surface area (Å²) in [5.41, 5.74) is 8.55. The van der Waals surface area contributed by atoms with Crippen LogP contribution >= 0.6 is 0 Å². The monoisotopic (exact) mass is 233 g/mol. The van der Waals surface area contributed by atoms with Gasteiger partial charge in [0.15, 0.2) is 0 Å². The van der Waals surface area contributed by atoms with Gasteiger partial charge in [-0.25, -0.2) is 0 Å². The third kappa shape index (κ3) is 2.85. The molecular weight excluding hydrogens is 210 g/mol. The molecule has 1 aromatic rings. The van der Waals surface area contributed by atoms with Crippen LogP contribution in [0.25, 0.3) is 0 Å². The van der Waals surface area contributed by atoms with E-state index in [9.17, 15) is 0 Å². The Morgan fingerprint density at radius 1 is 1.47 bits per heavy atom. The van der Waals surface area contributed by atoms with Gasteiger partial charge < -0.3 is 5.73 Å². The highest BCUT2D eigenvalue weighted by atomic mass is 15.2. The summed E-state index contributed by atoms with van der Waals surface area (Å²) in [7, 11) is 0. The number of likely N-dealkylation sites (tertiary alicyclic amines) is 1. The van der Waals surface area contributed by atoms with E-state index in [0.29, 0.717) is 12.1 Å². The zero-order valence-electron chi connectivity index (χ0n) is 10.9. The average molecular weight is 233 g/mol. The summed E-state index contributed by atoms with van der Waals surface area (Å²) in [4.78, 5) is 6.78.